The molecule has 1 aromatic carbocycles. The van der Waals surface area contributed by atoms with Crippen molar-refractivity contribution < 1.29 is 36.7 Å². The van der Waals surface area contributed by atoms with Gasteiger partial charge in [0.25, 0.3) is 5.91 Å². The van der Waals surface area contributed by atoms with Gasteiger partial charge < -0.3 is 18.6 Å². The molecule has 3 rings (SSSR count). The molecule has 3 aromatic rings. The topological polar surface area (TPSA) is 81.8 Å². The number of amides is 1. The minimum absolute atomic E-state index is 0.00543. The fourth-order valence-corrected chi connectivity index (χ4v) is 4.19. The van der Waals surface area contributed by atoms with Crippen LogP contribution in [0.15, 0.2) is 47.1 Å². The first-order valence-electron chi connectivity index (χ1n) is 11.4. The van der Waals surface area contributed by atoms with Gasteiger partial charge in [0, 0.05) is 23.4 Å². The van der Waals surface area contributed by atoms with Crippen LogP contribution in [-0.2, 0) is 24.0 Å². The van der Waals surface area contributed by atoms with E-state index in [9.17, 15) is 27.6 Å². The predicted molar refractivity (Wildman–Crippen MR) is 125 cm³/mol. The molecule has 0 aliphatic carbocycles. The summed E-state index contributed by atoms with van der Waals surface area (Å²) in [5.41, 5.74) is 0.678. The standard InChI is InChI=1S/C26H27F3N2O5/c1-5-31-17(4)22(16(3)23(31)25(34)35-6-2)21(32)15-30(14-20-8-7-13-36-20)24(33)18-9-11-19(12-10-18)26(27,28)29/h7-13H,5-6,14-15H2,1-4H3. The lowest BCUT2D eigenvalue weighted by atomic mass is 10.0. The molecule has 10 heteroatoms. The number of esters is 1. The number of aromatic nitrogens is 1. The van der Waals surface area contributed by atoms with Gasteiger partial charge >= 0.3 is 12.1 Å². The smallest absolute Gasteiger partial charge is 0.416 e. The number of ether oxygens (including phenoxy) is 1. The number of halogens is 3. The molecule has 0 saturated carbocycles. The number of carbonyl (C=O) groups is 3. The van der Waals surface area contributed by atoms with Gasteiger partial charge in [-0.3, -0.25) is 9.59 Å². The summed E-state index contributed by atoms with van der Waals surface area (Å²) in [6.07, 6.45) is -3.12. The Morgan fingerprint density at radius 1 is 1.06 bits per heavy atom. The highest BCUT2D eigenvalue weighted by Crippen LogP contribution is 2.29. The second-order valence-corrected chi connectivity index (χ2v) is 8.14. The maximum Gasteiger partial charge on any atom is 0.416 e. The first-order chi connectivity index (χ1) is 17.0. The molecule has 192 valence electrons. The molecule has 0 spiro atoms. The molecule has 0 atom stereocenters. The van der Waals surface area contributed by atoms with Crippen molar-refractivity contribution in [1.82, 2.24) is 9.47 Å². The zero-order chi connectivity index (χ0) is 26.6. The van der Waals surface area contributed by atoms with Gasteiger partial charge in [0.1, 0.15) is 11.5 Å². The maximum atomic E-state index is 13.5. The predicted octanol–water partition coefficient (Wildman–Crippen LogP) is 5.44. The normalized spacial score (nSPS) is 11.4. The summed E-state index contributed by atoms with van der Waals surface area (Å²) >= 11 is 0. The number of Topliss-reactive ketones (excluding diaryl/α,β-unsaturated/α-hetero) is 1. The van der Waals surface area contributed by atoms with Crippen LogP contribution in [0.2, 0.25) is 0 Å². The summed E-state index contributed by atoms with van der Waals surface area (Å²) in [7, 11) is 0. The number of ketones is 1. The van der Waals surface area contributed by atoms with Crippen LogP contribution < -0.4 is 0 Å². The lowest BCUT2D eigenvalue weighted by molar-refractivity contribution is -0.137. The Hall–Kier alpha value is -3.82. The number of hydrogen-bond acceptors (Lipinski definition) is 5. The fourth-order valence-electron chi connectivity index (χ4n) is 4.19. The Bertz CT molecular complexity index is 1240. The lowest BCUT2D eigenvalue weighted by Crippen LogP contribution is -2.35. The number of benzene rings is 1. The van der Waals surface area contributed by atoms with E-state index in [4.69, 9.17) is 9.15 Å². The van der Waals surface area contributed by atoms with E-state index in [-0.39, 0.29) is 31.0 Å². The molecule has 36 heavy (non-hydrogen) atoms. The first kappa shape index (κ1) is 26.8. The van der Waals surface area contributed by atoms with Gasteiger partial charge in [-0.05, 0) is 69.7 Å². The van der Waals surface area contributed by atoms with Crippen molar-refractivity contribution in [3.63, 3.8) is 0 Å². The van der Waals surface area contributed by atoms with E-state index in [0.717, 1.165) is 24.3 Å². The Kier molecular flexibility index (Phi) is 8.07. The van der Waals surface area contributed by atoms with E-state index >= 15 is 0 Å². The second-order valence-electron chi connectivity index (χ2n) is 8.14. The quantitative estimate of drug-likeness (QED) is 0.286. The summed E-state index contributed by atoms with van der Waals surface area (Å²) in [6.45, 7) is 7.02. The summed E-state index contributed by atoms with van der Waals surface area (Å²) < 4.78 is 51.0. The van der Waals surface area contributed by atoms with E-state index in [2.05, 4.69) is 0 Å². The van der Waals surface area contributed by atoms with Gasteiger partial charge in [-0.25, -0.2) is 4.79 Å². The van der Waals surface area contributed by atoms with Crippen molar-refractivity contribution in [2.45, 2.75) is 47.0 Å². The Labute approximate surface area is 206 Å². The van der Waals surface area contributed by atoms with Crippen molar-refractivity contribution >= 4 is 17.7 Å². The molecule has 0 aliphatic heterocycles. The molecule has 7 nitrogen and oxygen atoms in total. The van der Waals surface area contributed by atoms with Gasteiger partial charge in [0.05, 0.1) is 31.5 Å². The molecule has 0 radical (unpaired) electrons. The fraction of sp³-hybridized carbons (Fsp3) is 0.346. The molecule has 0 N–H and O–H groups in total. The molecule has 0 bridgehead atoms. The Balaban J connectivity index is 1.96. The monoisotopic (exact) mass is 504 g/mol. The maximum absolute atomic E-state index is 13.5. The van der Waals surface area contributed by atoms with Crippen LogP contribution in [0, 0.1) is 13.8 Å². The highest BCUT2D eigenvalue weighted by molar-refractivity contribution is 6.06. The zero-order valence-electron chi connectivity index (χ0n) is 20.4. The molecule has 0 saturated heterocycles. The molecule has 2 aromatic heterocycles. The van der Waals surface area contributed by atoms with Gasteiger partial charge in [-0.15, -0.1) is 0 Å². The van der Waals surface area contributed by atoms with Crippen LogP contribution in [-0.4, -0.2) is 40.3 Å². The minimum Gasteiger partial charge on any atom is -0.467 e. The number of carbonyl (C=O) groups excluding carboxylic acids is 3. The molecular formula is C26H27F3N2O5. The molecule has 0 unspecified atom stereocenters. The first-order valence-corrected chi connectivity index (χ1v) is 11.4. The SMILES string of the molecule is CCOC(=O)c1c(C)c(C(=O)CN(Cc2ccco2)C(=O)c2ccc(C(F)(F)F)cc2)c(C)n1CC. The van der Waals surface area contributed by atoms with E-state index in [1.54, 1.807) is 37.5 Å². The van der Waals surface area contributed by atoms with Crippen LogP contribution in [0.1, 0.15) is 67.6 Å². The highest BCUT2D eigenvalue weighted by atomic mass is 19.4. The largest absolute Gasteiger partial charge is 0.467 e. The van der Waals surface area contributed by atoms with E-state index in [1.807, 2.05) is 6.92 Å². The van der Waals surface area contributed by atoms with Crippen molar-refractivity contribution in [1.29, 1.82) is 0 Å². The number of nitrogens with zero attached hydrogens (tertiary/aromatic N) is 2. The van der Waals surface area contributed by atoms with Gasteiger partial charge in [-0.2, -0.15) is 13.2 Å². The number of hydrogen-bond donors (Lipinski definition) is 0. The number of rotatable bonds is 9. The summed E-state index contributed by atoms with van der Waals surface area (Å²) in [5, 5.41) is 0. The van der Waals surface area contributed by atoms with Crippen molar-refractivity contribution in [2.75, 3.05) is 13.2 Å². The van der Waals surface area contributed by atoms with Crippen LogP contribution in [0.4, 0.5) is 13.2 Å². The second kappa shape index (κ2) is 10.8. The van der Waals surface area contributed by atoms with Crippen molar-refractivity contribution in [3.05, 3.63) is 82.1 Å². The van der Waals surface area contributed by atoms with Gasteiger partial charge in [-0.1, -0.05) is 0 Å². The summed E-state index contributed by atoms with van der Waals surface area (Å²) in [6, 6.07) is 7.05. The summed E-state index contributed by atoms with van der Waals surface area (Å²) in [5.74, 6) is -1.21. The molecule has 0 fully saturated rings. The molecule has 0 aliphatic rings. The minimum atomic E-state index is -4.54. The van der Waals surface area contributed by atoms with Crippen LogP contribution in [0.3, 0.4) is 0 Å². The van der Waals surface area contributed by atoms with E-state index in [0.29, 0.717) is 29.1 Å². The number of alkyl halides is 3. The van der Waals surface area contributed by atoms with Crippen molar-refractivity contribution in [3.8, 4) is 0 Å². The summed E-state index contributed by atoms with van der Waals surface area (Å²) in [4.78, 5) is 40.5. The lowest BCUT2D eigenvalue weighted by Gasteiger charge is -2.21. The average Bonchev–Trinajstić information content (AvgIpc) is 3.42. The van der Waals surface area contributed by atoms with Crippen LogP contribution in [0.5, 0.6) is 0 Å². The average molecular weight is 505 g/mol. The molecule has 2 heterocycles. The van der Waals surface area contributed by atoms with E-state index in [1.165, 1.54) is 11.2 Å². The molecular weight excluding hydrogens is 477 g/mol. The van der Waals surface area contributed by atoms with Crippen LogP contribution in [0.25, 0.3) is 0 Å². The highest BCUT2D eigenvalue weighted by Gasteiger charge is 2.32. The van der Waals surface area contributed by atoms with Gasteiger partial charge in [0.2, 0.25) is 0 Å². The number of furan rings is 1. The van der Waals surface area contributed by atoms with Crippen molar-refractivity contribution in [2.24, 2.45) is 0 Å². The van der Waals surface area contributed by atoms with Crippen LogP contribution >= 0.6 is 0 Å². The third kappa shape index (κ3) is 5.53. The third-order valence-electron chi connectivity index (χ3n) is 5.84. The van der Waals surface area contributed by atoms with E-state index < -0.39 is 29.4 Å². The third-order valence-corrected chi connectivity index (χ3v) is 5.84. The zero-order valence-corrected chi connectivity index (χ0v) is 20.4. The molecule has 1 amide bonds. The Morgan fingerprint density at radius 3 is 2.25 bits per heavy atom. The van der Waals surface area contributed by atoms with Gasteiger partial charge in [0.15, 0.2) is 5.78 Å². The Morgan fingerprint density at radius 2 is 1.72 bits per heavy atom.